The number of rotatable bonds is 4. The maximum atomic E-state index is 12.3. The Morgan fingerprint density at radius 1 is 1.21 bits per heavy atom. The van der Waals surface area contributed by atoms with Crippen molar-refractivity contribution in [2.45, 2.75) is 17.6 Å². The number of nitrogen functional groups attached to an aromatic ring is 1. The molecule has 19 heavy (non-hydrogen) atoms. The molecule has 0 radical (unpaired) electrons. The predicted molar refractivity (Wildman–Crippen MR) is 78.7 cm³/mol. The van der Waals surface area contributed by atoms with E-state index in [1.807, 2.05) is 43.3 Å². The maximum Gasteiger partial charge on any atom is 0.141 e. The van der Waals surface area contributed by atoms with Gasteiger partial charge in [0.1, 0.15) is 5.75 Å². The van der Waals surface area contributed by atoms with Crippen molar-refractivity contribution in [2.24, 2.45) is 0 Å². The molecule has 2 aromatic rings. The molecule has 0 aliphatic rings. The fourth-order valence-corrected chi connectivity index (χ4v) is 3.06. The molecule has 100 valence electrons. The molecule has 0 aliphatic carbocycles. The number of hydrogen-bond donors (Lipinski definition) is 1. The van der Waals surface area contributed by atoms with Crippen LogP contribution >= 0.6 is 0 Å². The van der Waals surface area contributed by atoms with Gasteiger partial charge in [0.05, 0.1) is 29.3 Å². The third-order valence-electron chi connectivity index (χ3n) is 2.84. The summed E-state index contributed by atoms with van der Waals surface area (Å²) in [5.74, 6) is 1.10. The number of anilines is 1. The highest BCUT2D eigenvalue weighted by molar-refractivity contribution is 7.84. The smallest absolute Gasteiger partial charge is 0.141 e. The number of hydrogen-bond acceptors (Lipinski definition) is 3. The first-order valence-electron chi connectivity index (χ1n) is 5.97. The molecule has 0 aliphatic heterocycles. The average Bonchev–Trinajstić information content (AvgIpc) is 2.39. The summed E-state index contributed by atoms with van der Waals surface area (Å²) in [6.07, 6.45) is 0. The second-order valence-corrected chi connectivity index (χ2v) is 5.83. The number of aryl methyl sites for hydroxylation is 1. The van der Waals surface area contributed by atoms with Gasteiger partial charge in [-0.15, -0.1) is 0 Å². The molecule has 0 heterocycles. The van der Waals surface area contributed by atoms with E-state index in [4.69, 9.17) is 10.5 Å². The Hall–Kier alpha value is -1.81. The van der Waals surface area contributed by atoms with Crippen molar-refractivity contribution in [1.29, 1.82) is 0 Å². The Balaban J connectivity index is 2.17. The van der Waals surface area contributed by atoms with Gasteiger partial charge in [0, 0.05) is 4.90 Å². The molecule has 2 N–H and O–H groups in total. The Kier molecular flexibility index (Phi) is 4.22. The summed E-state index contributed by atoms with van der Waals surface area (Å²) in [7, 11) is 0.522. The summed E-state index contributed by atoms with van der Waals surface area (Å²) < 4.78 is 17.4. The first-order chi connectivity index (χ1) is 9.10. The Morgan fingerprint density at radius 2 is 2.00 bits per heavy atom. The van der Waals surface area contributed by atoms with Gasteiger partial charge in [-0.05, 0) is 42.3 Å². The maximum absolute atomic E-state index is 12.3. The predicted octanol–water partition coefficient (Wildman–Crippen LogP) is 2.89. The van der Waals surface area contributed by atoms with Gasteiger partial charge in [-0.25, -0.2) is 0 Å². The lowest BCUT2D eigenvalue weighted by Gasteiger charge is -2.07. The molecule has 2 rings (SSSR count). The number of benzene rings is 2. The Morgan fingerprint density at radius 3 is 2.63 bits per heavy atom. The molecule has 0 fully saturated rings. The highest BCUT2D eigenvalue weighted by Gasteiger charge is 2.07. The van der Waals surface area contributed by atoms with E-state index in [0.717, 1.165) is 16.0 Å². The topological polar surface area (TPSA) is 52.3 Å². The minimum absolute atomic E-state index is 0.456. The number of ether oxygens (including phenoxy) is 1. The van der Waals surface area contributed by atoms with Gasteiger partial charge in [0.2, 0.25) is 0 Å². The van der Waals surface area contributed by atoms with Crippen LogP contribution in [0.5, 0.6) is 5.75 Å². The van der Waals surface area contributed by atoms with Crippen LogP contribution in [0.1, 0.15) is 11.1 Å². The quantitative estimate of drug-likeness (QED) is 0.873. The lowest BCUT2D eigenvalue weighted by Crippen LogP contribution is -1.99. The molecule has 4 heteroatoms. The molecule has 0 bridgehead atoms. The fourth-order valence-electron chi connectivity index (χ4n) is 1.87. The van der Waals surface area contributed by atoms with Gasteiger partial charge in [-0.2, -0.15) is 0 Å². The van der Waals surface area contributed by atoms with E-state index < -0.39 is 10.8 Å². The molecule has 0 saturated heterocycles. The van der Waals surface area contributed by atoms with Crippen molar-refractivity contribution in [3.8, 4) is 5.75 Å². The lowest BCUT2D eigenvalue weighted by molar-refractivity contribution is 0.417. The minimum Gasteiger partial charge on any atom is -0.495 e. The first-order valence-corrected chi connectivity index (χ1v) is 7.29. The highest BCUT2D eigenvalue weighted by atomic mass is 32.2. The van der Waals surface area contributed by atoms with Crippen LogP contribution in [-0.2, 0) is 16.6 Å². The molecule has 2 aromatic carbocycles. The zero-order valence-corrected chi connectivity index (χ0v) is 11.9. The van der Waals surface area contributed by atoms with Gasteiger partial charge in [-0.1, -0.05) is 18.2 Å². The summed E-state index contributed by atoms with van der Waals surface area (Å²) >= 11 is 0. The SMILES string of the molecule is COc1ccc(CS(=O)c2cccc(C)c2)cc1N. The van der Waals surface area contributed by atoms with Gasteiger partial charge in [-0.3, -0.25) is 4.21 Å². The number of methoxy groups -OCH3 is 1. The molecular formula is C15H17NO2S. The monoisotopic (exact) mass is 275 g/mol. The van der Waals surface area contributed by atoms with Crippen LogP contribution in [0.2, 0.25) is 0 Å². The van der Waals surface area contributed by atoms with Gasteiger partial charge in [0.15, 0.2) is 0 Å². The van der Waals surface area contributed by atoms with Crippen molar-refractivity contribution in [2.75, 3.05) is 12.8 Å². The van der Waals surface area contributed by atoms with Crippen LogP contribution in [0.25, 0.3) is 0 Å². The Bertz CT molecular complexity index is 611. The number of nitrogens with two attached hydrogens (primary N) is 1. The molecular weight excluding hydrogens is 258 g/mol. The van der Waals surface area contributed by atoms with Gasteiger partial charge in [0.25, 0.3) is 0 Å². The van der Waals surface area contributed by atoms with E-state index in [2.05, 4.69) is 0 Å². The molecule has 0 aromatic heterocycles. The standard InChI is InChI=1S/C15H17NO2S/c1-11-4-3-5-13(8-11)19(17)10-12-6-7-15(18-2)14(16)9-12/h3-9H,10,16H2,1-2H3. The molecule has 0 amide bonds. The van der Waals surface area contributed by atoms with Gasteiger partial charge < -0.3 is 10.5 Å². The molecule has 0 saturated carbocycles. The molecule has 1 atom stereocenters. The van der Waals surface area contributed by atoms with Crippen molar-refractivity contribution in [3.63, 3.8) is 0 Å². The van der Waals surface area contributed by atoms with Crippen molar-refractivity contribution >= 4 is 16.5 Å². The van der Waals surface area contributed by atoms with Crippen LogP contribution in [0.3, 0.4) is 0 Å². The van der Waals surface area contributed by atoms with Crippen molar-refractivity contribution in [3.05, 3.63) is 53.6 Å². The summed E-state index contributed by atoms with van der Waals surface area (Å²) in [4.78, 5) is 0.842. The van der Waals surface area contributed by atoms with E-state index >= 15 is 0 Å². The minimum atomic E-state index is -1.06. The van der Waals surface area contributed by atoms with E-state index in [-0.39, 0.29) is 0 Å². The van der Waals surface area contributed by atoms with E-state index in [1.165, 1.54) is 0 Å². The second kappa shape index (κ2) is 5.89. The third kappa shape index (κ3) is 3.35. The van der Waals surface area contributed by atoms with Crippen LogP contribution in [0, 0.1) is 6.92 Å². The fraction of sp³-hybridized carbons (Fsp3) is 0.200. The summed E-state index contributed by atoms with van der Waals surface area (Å²) in [5.41, 5.74) is 8.47. The van der Waals surface area contributed by atoms with Crippen LogP contribution in [0.4, 0.5) is 5.69 Å². The molecule has 3 nitrogen and oxygen atoms in total. The van der Waals surface area contributed by atoms with Crippen LogP contribution in [0.15, 0.2) is 47.4 Å². The van der Waals surface area contributed by atoms with E-state index in [9.17, 15) is 4.21 Å². The molecule has 0 spiro atoms. The summed E-state index contributed by atoms with van der Waals surface area (Å²) in [6, 6.07) is 13.3. The van der Waals surface area contributed by atoms with Gasteiger partial charge >= 0.3 is 0 Å². The largest absolute Gasteiger partial charge is 0.495 e. The summed E-state index contributed by atoms with van der Waals surface area (Å²) in [5, 5.41) is 0. The zero-order chi connectivity index (χ0) is 13.8. The Labute approximate surface area is 115 Å². The van der Waals surface area contributed by atoms with E-state index in [0.29, 0.717) is 17.2 Å². The van der Waals surface area contributed by atoms with Crippen molar-refractivity contribution in [1.82, 2.24) is 0 Å². The lowest BCUT2D eigenvalue weighted by atomic mass is 10.2. The summed E-state index contributed by atoms with van der Waals surface area (Å²) in [6.45, 7) is 1.99. The normalized spacial score (nSPS) is 12.1. The van der Waals surface area contributed by atoms with Crippen LogP contribution in [-0.4, -0.2) is 11.3 Å². The highest BCUT2D eigenvalue weighted by Crippen LogP contribution is 2.23. The first kappa shape index (κ1) is 13.6. The second-order valence-electron chi connectivity index (χ2n) is 4.38. The third-order valence-corrected chi connectivity index (χ3v) is 4.22. The average molecular weight is 275 g/mol. The molecule has 1 unspecified atom stereocenters. The van der Waals surface area contributed by atoms with Crippen LogP contribution < -0.4 is 10.5 Å². The van der Waals surface area contributed by atoms with Crippen molar-refractivity contribution < 1.29 is 8.95 Å². The van der Waals surface area contributed by atoms with E-state index in [1.54, 1.807) is 13.2 Å². The zero-order valence-electron chi connectivity index (χ0n) is 11.1.